The number of hydrogen-bond acceptors (Lipinski definition) is 2. The molecule has 1 rings (SSSR count). The third kappa shape index (κ3) is 2.77. The Morgan fingerprint density at radius 1 is 1.47 bits per heavy atom. The van der Waals surface area contributed by atoms with Crippen molar-refractivity contribution >= 4 is 21.6 Å². The summed E-state index contributed by atoms with van der Waals surface area (Å²) in [7, 11) is 0. The van der Waals surface area contributed by atoms with Gasteiger partial charge in [0.1, 0.15) is 6.07 Å². The second kappa shape index (κ2) is 4.89. The molecule has 0 aliphatic rings. The van der Waals surface area contributed by atoms with Crippen LogP contribution >= 0.6 is 15.9 Å². The van der Waals surface area contributed by atoms with E-state index in [0.29, 0.717) is 4.48 Å². The molecule has 0 bridgehead atoms. The van der Waals surface area contributed by atoms with Gasteiger partial charge in [0, 0.05) is 11.0 Å². The smallest absolute Gasteiger partial charge is 0.183 e. The predicted octanol–water partition coefficient (Wildman–Crippen LogP) is 3.16. The molecule has 1 aromatic carbocycles. The van der Waals surface area contributed by atoms with Crippen LogP contribution in [0, 0.1) is 23.0 Å². The van der Waals surface area contributed by atoms with Crippen LogP contribution < -0.4 is 5.32 Å². The van der Waals surface area contributed by atoms with Crippen molar-refractivity contribution in [2.24, 2.45) is 0 Å². The van der Waals surface area contributed by atoms with Crippen molar-refractivity contribution in [1.29, 1.82) is 5.26 Å². The van der Waals surface area contributed by atoms with E-state index in [1.807, 2.05) is 0 Å². The fourth-order valence-corrected chi connectivity index (χ4v) is 1.10. The summed E-state index contributed by atoms with van der Waals surface area (Å²) < 4.78 is 27.0. The monoisotopic (exact) mass is 272 g/mol. The lowest BCUT2D eigenvalue weighted by Crippen LogP contribution is -2.04. The standard InChI is InChI=1S/C10H7BrF2N2/c1-6(11)5-15-8-3-2-7(4-14)9(12)10(8)13/h2-3,15H,1,5H2. The lowest BCUT2D eigenvalue weighted by atomic mass is 10.2. The highest BCUT2D eigenvalue weighted by Crippen LogP contribution is 2.20. The lowest BCUT2D eigenvalue weighted by Gasteiger charge is -2.07. The third-order valence-electron chi connectivity index (χ3n) is 1.67. The molecule has 0 amide bonds. The third-order valence-corrected chi connectivity index (χ3v) is 1.95. The predicted molar refractivity (Wildman–Crippen MR) is 57.6 cm³/mol. The van der Waals surface area contributed by atoms with Crippen LogP contribution in [-0.4, -0.2) is 6.54 Å². The summed E-state index contributed by atoms with van der Waals surface area (Å²) in [6.07, 6.45) is 0. The van der Waals surface area contributed by atoms with Gasteiger partial charge in [0.15, 0.2) is 11.6 Å². The summed E-state index contributed by atoms with van der Waals surface area (Å²) in [5, 5.41) is 11.1. The summed E-state index contributed by atoms with van der Waals surface area (Å²) in [5.41, 5.74) is -0.303. The molecule has 0 unspecified atom stereocenters. The van der Waals surface area contributed by atoms with Gasteiger partial charge in [0.25, 0.3) is 0 Å². The van der Waals surface area contributed by atoms with Crippen LogP contribution in [-0.2, 0) is 0 Å². The summed E-state index contributed by atoms with van der Waals surface area (Å²) in [5.74, 6) is -2.19. The van der Waals surface area contributed by atoms with E-state index < -0.39 is 11.6 Å². The molecule has 5 heteroatoms. The quantitative estimate of drug-likeness (QED) is 0.918. The SMILES string of the molecule is C=C(Br)CNc1ccc(C#N)c(F)c1F. The van der Waals surface area contributed by atoms with E-state index in [1.54, 1.807) is 6.07 Å². The molecule has 0 aliphatic carbocycles. The van der Waals surface area contributed by atoms with Crippen molar-refractivity contribution < 1.29 is 8.78 Å². The molecule has 0 atom stereocenters. The Morgan fingerprint density at radius 2 is 2.13 bits per heavy atom. The maximum absolute atomic E-state index is 13.3. The number of nitriles is 1. The first kappa shape index (κ1) is 11.7. The fraction of sp³-hybridized carbons (Fsp3) is 0.100. The van der Waals surface area contributed by atoms with Crippen molar-refractivity contribution in [3.05, 3.63) is 40.4 Å². The Morgan fingerprint density at radius 3 is 2.67 bits per heavy atom. The second-order valence-electron chi connectivity index (χ2n) is 2.77. The number of nitrogens with zero attached hydrogens (tertiary/aromatic N) is 1. The molecule has 0 radical (unpaired) electrons. The molecule has 78 valence electrons. The van der Waals surface area contributed by atoms with Crippen molar-refractivity contribution in [3.8, 4) is 6.07 Å². The van der Waals surface area contributed by atoms with Gasteiger partial charge in [-0.3, -0.25) is 0 Å². The van der Waals surface area contributed by atoms with E-state index in [1.165, 1.54) is 12.1 Å². The maximum atomic E-state index is 13.3. The molecular formula is C10H7BrF2N2. The molecule has 0 aliphatic heterocycles. The van der Waals surface area contributed by atoms with E-state index in [4.69, 9.17) is 5.26 Å². The van der Waals surface area contributed by atoms with Crippen LogP contribution in [0.25, 0.3) is 0 Å². The summed E-state index contributed by atoms with van der Waals surface area (Å²) in [6.45, 7) is 3.82. The number of rotatable bonds is 3. The van der Waals surface area contributed by atoms with Crippen LogP contribution in [0.1, 0.15) is 5.56 Å². The van der Waals surface area contributed by atoms with Gasteiger partial charge in [-0.05, 0) is 12.1 Å². The first-order valence-electron chi connectivity index (χ1n) is 4.01. The van der Waals surface area contributed by atoms with Gasteiger partial charge in [-0.25, -0.2) is 8.78 Å². The van der Waals surface area contributed by atoms with Crippen molar-refractivity contribution in [1.82, 2.24) is 0 Å². The van der Waals surface area contributed by atoms with E-state index in [-0.39, 0.29) is 17.8 Å². The van der Waals surface area contributed by atoms with Crippen molar-refractivity contribution in [3.63, 3.8) is 0 Å². The number of halogens is 3. The van der Waals surface area contributed by atoms with Gasteiger partial charge in [-0.15, -0.1) is 0 Å². The van der Waals surface area contributed by atoms with E-state index in [0.717, 1.165) is 0 Å². The zero-order valence-electron chi connectivity index (χ0n) is 7.65. The summed E-state index contributed by atoms with van der Waals surface area (Å²) in [6, 6.07) is 4.09. The minimum Gasteiger partial charge on any atom is -0.378 e. The summed E-state index contributed by atoms with van der Waals surface area (Å²) in [4.78, 5) is 0. The number of anilines is 1. The van der Waals surface area contributed by atoms with E-state index >= 15 is 0 Å². The second-order valence-corrected chi connectivity index (χ2v) is 3.89. The minimum atomic E-state index is -1.14. The lowest BCUT2D eigenvalue weighted by molar-refractivity contribution is 0.509. The molecule has 0 saturated heterocycles. The first-order chi connectivity index (χ1) is 7.06. The van der Waals surface area contributed by atoms with Gasteiger partial charge in [0.2, 0.25) is 0 Å². The van der Waals surface area contributed by atoms with Gasteiger partial charge < -0.3 is 5.32 Å². The topological polar surface area (TPSA) is 35.8 Å². The zero-order valence-corrected chi connectivity index (χ0v) is 9.24. The largest absolute Gasteiger partial charge is 0.378 e. The van der Waals surface area contributed by atoms with Gasteiger partial charge in [-0.2, -0.15) is 5.26 Å². The zero-order chi connectivity index (χ0) is 11.4. The summed E-state index contributed by atoms with van der Waals surface area (Å²) >= 11 is 3.08. The van der Waals surface area contributed by atoms with Crippen LogP contribution in [0.2, 0.25) is 0 Å². The molecular weight excluding hydrogens is 266 g/mol. The fourth-order valence-electron chi connectivity index (χ4n) is 0.963. The van der Waals surface area contributed by atoms with Gasteiger partial charge in [-0.1, -0.05) is 22.5 Å². The van der Waals surface area contributed by atoms with Gasteiger partial charge in [0.05, 0.1) is 11.3 Å². The molecule has 0 saturated carbocycles. The first-order valence-corrected chi connectivity index (χ1v) is 4.80. The van der Waals surface area contributed by atoms with Crippen LogP contribution in [0.4, 0.5) is 14.5 Å². The van der Waals surface area contributed by atoms with E-state index in [2.05, 4.69) is 27.8 Å². The van der Waals surface area contributed by atoms with Gasteiger partial charge >= 0.3 is 0 Å². The average molecular weight is 273 g/mol. The highest BCUT2D eigenvalue weighted by molar-refractivity contribution is 9.11. The van der Waals surface area contributed by atoms with Crippen molar-refractivity contribution in [2.75, 3.05) is 11.9 Å². The minimum absolute atomic E-state index is 0.00657. The molecule has 2 nitrogen and oxygen atoms in total. The normalized spacial score (nSPS) is 9.47. The Labute approximate surface area is 94.3 Å². The molecule has 1 N–H and O–H groups in total. The number of benzene rings is 1. The molecule has 15 heavy (non-hydrogen) atoms. The average Bonchev–Trinajstić information content (AvgIpc) is 2.20. The van der Waals surface area contributed by atoms with Crippen LogP contribution in [0.3, 0.4) is 0 Å². The maximum Gasteiger partial charge on any atom is 0.183 e. The van der Waals surface area contributed by atoms with Crippen LogP contribution in [0.5, 0.6) is 0 Å². The molecule has 0 aromatic heterocycles. The number of nitrogens with one attached hydrogen (secondary N) is 1. The molecule has 0 heterocycles. The Kier molecular flexibility index (Phi) is 3.81. The Bertz CT molecular complexity index is 438. The number of hydrogen-bond donors (Lipinski definition) is 1. The molecule has 1 aromatic rings. The highest BCUT2D eigenvalue weighted by Gasteiger charge is 2.12. The Hall–Kier alpha value is -1.41. The molecule has 0 fully saturated rings. The van der Waals surface area contributed by atoms with Crippen LogP contribution in [0.15, 0.2) is 23.2 Å². The molecule has 0 spiro atoms. The van der Waals surface area contributed by atoms with E-state index in [9.17, 15) is 8.78 Å². The Balaban J connectivity index is 2.98. The van der Waals surface area contributed by atoms with Crippen molar-refractivity contribution in [2.45, 2.75) is 0 Å². The highest BCUT2D eigenvalue weighted by atomic mass is 79.9.